The third kappa shape index (κ3) is 3.84. The maximum Gasteiger partial charge on any atom is 0.305 e. The first-order valence-electron chi connectivity index (χ1n) is 7.50. The number of carbonyl (C=O) groups is 2. The highest BCUT2D eigenvalue weighted by molar-refractivity contribution is 5.79. The van der Waals surface area contributed by atoms with Crippen LogP contribution in [0.25, 0.3) is 0 Å². The van der Waals surface area contributed by atoms with E-state index in [4.69, 9.17) is 5.11 Å². The van der Waals surface area contributed by atoms with Gasteiger partial charge in [0.05, 0.1) is 12.0 Å². The van der Waals surface area contributed by atoms with Crippen LogP contribution in [0.5, 0.6) is 0 Å². The number of hydrogen-bond donors (Lipinski definition) is 2. The van der Waals surface area contributed by atoms with Gasteiger partial charge in [0.15, 0.2) is 0 Å². The van der Waals surface area contributed by atoms with E-state index in [9.17, 15) is 9.59 Å². The normalized spacial score (nSPS) is 17.6. The molecule has 0 bridgehead atoms. The van der Waals surface area contributed by atoms with Crippen molar-refractivity contribution in [1.82, 2.24) is 5.32 Å². The third-order valence-electron chi connectivity index (χ3n) is 4.42. The summed E-state index contributed by atoms with van der Waals surface area (Å²) in [6, 6.07) is 8.06. The number of aryl methyl sites for hydroxylation is 1. The predicted molar refractivity (Wildman–Crippen MR) is 81.2 cm³/mol. The molecule has 4 nitrogen and oxygen atoms in total. The number of nitrogens with one attached hydrogen (secondary N) is 1. The van der Waals surface area contributed by atoms with Crippen LogP contribution < -0.4 is 5.32 Å². The molecule has 0 heterocycles. The Balaban J connectivity index is 1.95. The van der Waals surface area contributed by atoms with Gasteiger partial charge in [0.25, 0.3) is 0 Å². The van der Waals surface area contributed by atoms with Gasteiger partial charge in [0.1, 0.15) is 0 Å². The zero-order valence-corrected chi connectivity index (χ0v) is 12.7. The summed E-state index contributed by atoms with van der Waals surface area (Å²) in [5.74, 6) is -0.762. The highest BCUT2D eigenvalue weighted by Gasteiger charge is 2.40. The average Bonchev–Trinajstić information content (AvgIpc) is 2.35. The summed E-state index contributed by atoms with van der Waals surface area (Å²) in [7, 11) is 0. The molecular formula is C17H23NO3. The number of carbonyl (C=O) groups excluding carboxylic acids is 1. The topological polar surface area (TPSA) is 66.4 Å². The van der Waals surface area contributed by atoms with Crippen LogP contribution in [0.1, 0.15) is 56.1 Å². The van der Waals surface area contributed by atoms with E-state index in [1.54, 1.807) is 0 Å². The largest absolute Gasteiger partial charge is 0.481 e. The lowest BCUT2D eigenvalue weighted by Gasteiger charge is -2.41. The molecule has 21 heavy (non-hydrogen) atoms. The Morgan fingerprint density at radius 3 is 2.52 bits per heavy atom. The minimum Gasteiger partial charge on any atom is -0.481 e. The second-order valence-electron chi connectivity index (χ2n) is 6.21. The molecule has 4 heteroatoms. The van der Waals surface area contributed by atoms with Crippen molar-refractivity contribution in [2.24, 2.45) is 0 Å². The molecular weight excluding hydrogens is 266 g/mol. The van der Waals surface area contributed by atoms with Gasteiger partial charge < -0.3 is 10.4 Å². The van der Waals surface area contributed by atoms with Crippen molar-refractivity contribution in [2.75, 3.05) is 0 Å². The smallest absolute Gasteiger partial charge is 0.305 e. The highest BCUT2D eigenvalue weighted by atomic mass is 16.4. The van der Waals surface area contributed by atoms with Crippen LogP contribution in [-0.4, -0.2) is 22.5 Å². The number of aliphatic carboxylic acids is 1. The van der Waals surface area contributed by atoms with E-state index in [-0.39, 0.29) is 18.2 Å². The molecule has 1 aliphatic rings. The van der Waals surface area contributed by atoms with Crippen LogP contribution in [0.4, 0.5) is 0 Å². The van der Waals surface area contributed by atoms with E-state index in [2.05, 4.69) is 5.32 Å². The Kier molecular flexibility index (Phi) is 4.66. The number of carboxylic acids is 1. The van der Waals surface area contributed by atoms with Crippen LogP contribution in [0.2, 0.25) is 0 Å². The zero-order valence-electron chi connectivity index (χ0n) is 12.7. The molecule has 1 unspecified atom stereocenters. The van der Waals surface area contributed by atoms with Crippen molar-refractivity contribution in [3.63, 3.8) is 0 Å². The zero-order chi connectivity index (χ0) is 15.5. The molecule has 0 aromatic heterocycles. The second kappa shape index (κ2) is 6.29. The lowest BCUT2D eigenvalue weighted by molar-refractivity contribution is -0.140. The van der Waals surface area contributed by atoms with Gasteiger partial charge >= 0.3 is 5.97 Å². The first-order chi connectivity index (χ1) is 9.92. The van der Waals surface area contributed by atoms with Gasteiger partial charge in [-0.15, -0.1) is 0 Å². The van der Waals surface area contributed by atoms with E-state index in [0.717, 1.165) is 19.3 Å². The predicted octanol–water partition coefficient (Wildman–Crippen LogP) is 3.00. The Morgan fingerprint density at radius 1 is 1.33 bits per heavy atom. The van der Waals surface area contributed by atoms with E-state index < -0.39 is 11.5 Å². The number of carboxylic acid groups (broad SMARTS) is 1. The maximum atomic E-state index is 12.2. The summed E-state index contributed by atoms with van der Waals surface area (Å²) in [4.78, 5) is 23.2. The summed E-state index contributed by atoms with van der Waals surface area (Å²) < 4.78 is 0. The molecule has 0 saturated heterocycles. The van der Waals surface area contributed by atoms with E-state index >= 15 is 0 Å². The van der Waals surface area contributed by atoms with Gasteiger partial charge in [-0.25, -0.2) is 0 Å². The molecule has 0 radical (unpaired) electrons. The fraction of sp³-hybridized carbons (Fsp3) is 0.529. The summed E-state index contributed by atoms with van der Waals surface area (Å²) in [5, 5.41) is 11.9. The first-order valence-corrected chi connectivity index (χ1v) is 7.50. The van der Waals surface area contributed by atoms with E-state index in [1.165, 1.54) is 11.1 Å². The summed E-state index contributed by atoms with van der Waals surface area (Å²) in [6.07, 6.45) is 2.94. The molecule has 1 aromatic rings. The molecule has 0 spiro atoms. The van der Waals surface area contributed by atoms with Crippen molar-refractivity contribution in [1.29, 1.82) is 0 Å². The SMILES string of the molecule is Cc1ccccc1C(C)CC(=O)NC1(CC(=O)O)CCC1. The highest BCUT2D eigenvalue weighted by Crippen LogP contribution is 2.35. The van der Waals surface area contributed by atoms with Crippen molar-refractivity contribution in [3.8, 4) is 0 Å². The summed E-state index contributed by atoms with van der Waals surface area (Å²) >= 11 is 0. The number of hydrogen-bond acceptors (Lipinski definition) is 2. The maximum absolute atomic E-state index is 12.2. The molecule has 1 amide bonds. The number of benzene rings is 1. The van der Waals surface area contributed by atoms with Gasteiger partial charge in [0, 0.05) is 6.42 Å². The standard InChI is InChI=1S/C17H23NO3/c1-12-6-3-4-7-14(12)13(2)10-15(19)18-17(8-5-9-17)11-16(20)21/h3-4,6-7,13H,5,8-11H2,1-2H3,(H,18,19)(H,20,21). The lowest BCUT2D eigenvalue weighted by atomic mass is 9.74. The van der Waals surface area contributed by atoms with E-state index in [1.807, 2.05) is 38.1 Å². The quantitative estimate of drug-likeness (QED) is 0.846. The minimum atomic E-state index is -0.845. The van der Waals surface area contributed by atoms with Crippen LogP contribution in [-0.2, 0) is 9.59 Å². The molecule has 2 N–H and O–H groups in total. The van der Waals surface area contributed by atoms with Crippen molar-refractivity contribution < 1.29 is 14.7 Å². The summed E-state index contributed by atoms with van der Waals surface area (Å²) in [6.45, 7) is 4.08. The van der Waals surface area contributed by atoms with Gasteiger partial charge in [-0.05, 0) is 43.2 Å². The Bertz CT molecular complexity index is 535. The van der Waals surface area contributed by atoms with Crippen LogP contribution in [0, 0.1) is 6.92 Å². The Morgan fingerprint density at radius 2 is 2.00 bits per heavy atom. The van der Waals surface area contributed by atoms with Gasteiger partial charge in [0.2, 0.25) is 5.91 Å². The number of amides is 1. The number of rotatable bonds is 6. The van der Waals surface area contributed by atoms with Gasteiger partial charge in [-0.2, -0.15) is 0 Å². The lowest BCUT2D eigenvalue weighted by Crippen LogP contribution is -2.54. The molecule has 1 aliphatic carbocycles. The minimum absolute atomic E-state index is 0.0253. The molecule has 1 aromatic carbocycles. The fourth-order valence-corrected chi connectivity index (χ4v) is 3.11. The summed E-state index contributed by atoms with van der Waals surface area (Å²) in [5.41, 5.74) is 1.85. The Labute approximate surface area is 125 Å². The molecule has 1 atom stereocenters. The van der Waals surface area contributed by atoms with Crippen molar-refractivity contribution >= 4 is 11.9 Å². The molecule has 1 fully saturated rings. The van der Waals surface area contributed by atoms with Gasteiger partial charge in [-0.3, -0.25) is 9.59 Å². The Hall–Kier alpha value is -1.84. The second-order valence-corrected chi connectivity index (χ2v) is 6.21. The monoisotopic (exact) mass is 289 g/mol. The van der Waals surface area contributed by atoms with E-state index in [0.29, 0.717) is 6.42 Å². The fourth-order valence-electron chi connectivity index (χ4n) is 3.11. The van der Waals surface area contributed by atoms with Crippen LogP contribution in [0.3, 0.4) is 0 Å². The third-order valence-corrected chi connectivity index (χ3v) is 4.42. The van der Waals surface area contributed by atoms with Crippen LogP contribution >= 0.6 is 0 Å². The first kappa shape index (κ1) is 15.5. The average molecular weight is 289 g/mol. The van der Waals surface area contributed by atoms with Crippen molar-refractivity contribution in [3.05, 3.63) is 35.4 Å². The van der Waals surface area contributed by atoms with Gasteiger partial charge in [-0.1, -0.05) is 31.2 Å². The van der Waals surface area contributed by atoms with Crippen LogP contribution in [0.15, 0.2) is 24.3 Å². The molecule has 2 rings (SSSR count). The van der Waals surface area contributed by atoms with Crippen molar-refractivity contribution in [2.45, 2.75) is 57.4 Å². The molecule has 0 aliphatic heterocycles. The molecule has 1 saturated carbocycles. The molecule has 114 valence electrons.